The summed E-state index contributed by atoms with van der Waals surface area (Å²) >= 11 is 0. The molecule has 2 atom stereocenters. The molecular formula is C23H21N5O3. The van der Waals surface area contributed by atoms with Crippen LogP contribution in [0.2, 0.25) is 0 Å². The van der Waals surface area contributed by atoms with Gasteiger partial charge in [0.1, 0.15) is 0 Å². The molecule has 0 saturated heterocycles. The van der Waals surface area contributed by atoms with Gasteiger partial charge in [0.15, 0.2) is 11.4 Å². The highest BCUT2D eigenvalue weighted by Crippen LogP contribution is 2.36. The van der Waals surface area contributed by atoms with E-state index in [0.29, 0.717) is 6.54 Å². The van der Waals surface area contributed by atoms with Gasteiger partial charge in [0, 0.05) is 19.0 Å². The van der Waals surface area contributed by atoms with Gasteiger partial charge in [-0.05, 0) is 24.1 Å². The molecule has 4 aromatic rings. The number of carbonyl (C=O) groups is 1. The number of hydrogen-bond acceptors (Lipinski definition) is 5. The van der Waals surface area contributed by atoms with Gasteiger partial charge in [0.2, 0.25) is 5.43 Å². The Bertz CT molecular complexity index is 1360. The van der Waals surface area contributed by atoms with Crippen molar-refractivity contribution < 1.29 is 9.90 Å². The van der Waals surface area contributed by atoms with Crippen LogP contribution in [-0.2, 0) is 7.05 Å². The average Bonchev–Trinajstić information content (AvgIpc) is 3.17. The van der Waals surface area contributed by atoms with E-state index in [1.165, 1.54) is 4.68 Å². The summed E-state index contributed by atoms with van der Waals surface area (Å²) < 4.78 is 3.25. The van der Waals surface area contributed by atoms with Crippen LogP contribution in [0.1, 0.15) is 40.6 Å². The molecule has 0 aliphatic carbocycles. The fraction of sp³-hybridized carbons (Fsp3) is 0.217. The average molecular weight is 415 g/mol. The van der Waals surface area contributed by atoms with Crippen molar-refractivity contribution in [1.29, 1.82) is 0 Å². The summed E-state index contributed by atoms with van der Waals surface area (Å²) in [4.78, 5) is 27.2. The van der Waals surface area contributed by atoms with E-state index < -0.39 is 23.1 Å². The molecule has 1 aliphatic heterocycles. The number of benzene rings is 2. The van der Waals surface area contributed by atoms with Crippen LogP contribution in [0.5, 0.6) is 5.75 Å². The second-order valence-corrected chi connectivity index (χ2v) is 7.76. The first-order chi connectivity index (χ1) is 15.0. The third-order valence-corrected chi connectivity index (χ3v) is 6.05. The molecule has 3 heterocycles. The molecule has 1 N–H and O–H groups in total. The zero-order valence-corrected chi connectivity index (χ0v) is 17.1. The summed E-state index contributed by atoms with van der Waals surface area (Å²) in [6.07, 6.45) is 2.84. The fourth-order valence-electron chi connectivity index (χ4n) is 4.34. The minimum Gasteiger partial charge on any atom is -0.502 e. The zero-order chi connectivity index (χ0) is 21.7. The summed E-state index contributed by atoms with van der Waals surface area (Å²) in [7, 11) is 1.87. The molecule has 1 amide bonds. The fourth-order valence-corrected chi connectivity index (χ4v) is 4.34. The van der Waals surface area contributed by atoms with Crippen molar-refractivity contribution in [2.45, 2.75) is 19.0 Å². The summed E-state index contributed by atoms with van der Waals surface area (Å²) in [6, 6.07) is 14.9. The van der Waals surface area contributed by atoms with Gasteiger partial charge >= 0.3 is 0 Å². The van der Waals surface area contributed by atoms with Crippen LogP contribution in [0.3, 0.4) is 0 Å². The Morgan fingerprint density at radius 2 is 1.81 bits per heavy atom. The summed E-state index contributed by atoms with van der Waals surface area (Å²) in [5.74, 6) is -0.998. The van der Waals surface area contributed by atoms with Crippen molar-refractivity contribution in [3.05, 3.63) is 88.0 Å². The van der Waals surface area contributed by atoms with E-state index in [-0.39, 0.29) is 11.7 Å². The Morgan fingerprint density at radius 1 is 1.03 bits per heavy atom. The molecule has 8 heteroatoms. The maximum absolute atomic E-state index is 13.4. The van der Waals surface area contributed by atoms with E-state index in [4.69, 9.17) is 0 Å². The first kappa shape index (κ1) is 19.0. The van der Waals surface area contributed by atoms with Gasteiger partial charge in [-0.25, -0.2) is 4.68 Å². The number of hydrogen-bond donors (Lipinski definition) is 1. The molecule has 0 radical (unpaired) electrons. The Hall–Kier alpha value is -3.94. The number of aryl methyl sites for hydroxylation is 1. The summed E-state index contributed by atoms with van der Waals surface area (Å²) in [5.41, 5.74) is 2.07. The normalized spacial score (nSPS) is 17.0. The van der Waals surface area contributed by atoms with E-state index in [0.717, 1.165) is 28.2 Å². The lowest BCUT2D eigenvalue weighted by molar-refractivity contribution is 0.0587. The Balaban J connectivity index is 1.71. The van der Waals surface area contributed by atoms with Gasteiger partial charge in [-0.15, -0.1) is 0 Å². The molecule has 31 heavy (non-hydrogen) atoms. The lowest BCUT2D eigenvalue weighted by Gasteiger charge is -2.39. The van der Waals surface area contributed by atoms with Gasteiger partial charge in [-0.2, -0.15) is 10.2 Å². The quantitative estimate of drug-likeness (QED) is 0.555. The smallest absolute Gasteiger partial charge is 0.276 e. The van der Waals surface area contributed by atoms with Crippen LogP contribution in [0.25, 0.3) is 10.9 Å². The van der Waals surface area contributed by atoms with Gasteiger partial charge in [0.25, 0.3) is 5.91 Å². The molecule has 1 unspecified atom stereocenters. The lowest BCUT2D eigenvalue weighted by atomic mass is 9.97. The molecule has 156 valence electrons. The maximum Gasteiger partial charge on any atom is 0.276 e. The number of rotatable bonds is 3. The summed E-state index contributed by atoms with van der Waals surface area (Å²) in [5, 5.41) is 20.1. The number of carbonyl (C=O) groups excluding carboxylic acids is 1. The van der Waals surface area contributed by atoms with Crippen LogP contribution < -0.4 is 5.43 Å². The number of aromatic hydroxyl groups is 1. The second-order valence-electron chi connectivity index (χ2n) is 7.76. The molecule has 8 nitrogen and oxygen atoms in total. The highest BCUT2D eigenvalue weighted by molar-refractivity contribution is 5.96. The van der Waals surface area contributed by atoms with Crippen molar-refractivity contribution in [2.24, 2.45) is 7.05 Å². The van der Waals surface area contributed by atoms with Crippen LogP contribution in [0.4, 0.5) is 0 Å². The number of nitrogens with zero attached hydrogens (tertiary/aromatic N) is 5. The Kier molecular flexibility index (Phi) is 4.35. The van der Waals surface area contributed by atoms with Crippen LogP contribution >= 0.6 is 0 Å². The molecule has 0 saturated carbocycles. The van der Waals surface area contributed by atoms with E-state index in [2.05, 4.69) is 10.2 Å². The predicted octanol–water partition coefficient (Wildman–Crippen LogP) is 2.64. The maximum atomic E-state index is 13.4. The first-order valence-corrected chi connectivity index (χ1v) is 10.0. The predicted molar refractivity (Wildman–Crippen MR) is 115 cm³/mol. The third kappa shape index (κ3) is 2.91. The minimum atomic E-state index is -0.674. The van der Waals surface area contributed by atoms with E-state index >= 15 is 0 Å². The van der Waals surface area contributed by atoms with Crippen LogP contribution in [-0.4, -0.2) is 42.0 Å². The van der Waals surface area contributed by atoms with Crippen molar-refractivity contribution >= 4 is 16.8 Å². The number of amides is 1. The van der Waals surface area contributed by atoms with E-state index in [1.54, 1.807) is 15.8 Å². The standard InChI is InChI=1S/C23H21N5O3/c1-14(15-7-4-3-5-8-15)27-13-19(16-9-6-10-18-17(16)11-24-26(18)2)28-21(23(27)31)22(30)20(29)12-25-28/h3-12,14,19,30H,13H2,1-2H3/t14-,19?/m0/s1. The van der Waals surface area contributed by atoms with E-state index in [1.807, 2.05) is 62.5 Å². The first-order valence-electron chi connectivity index (χ1n) is 10.0. The van der Waals surface area contributed by atoms with Crippen molar-refractivity contribution in [3.8, 4) is 5.75 Å². The molecule has 0 fully saturated rings. The summed E-state index contributed by atoms with van der Waals surface area (Å²) in [6.45, 7) is 2.28. The molecular weight excluding hydrogens is 394 g/mol. The molecule has 0 bridgehead atoms. The third-order valence-electron chi connectivity index (χ3n) is 6.05. The largest absolute Gasteiger partial charge is 0.502 e. The van der Waals surface area contributed by atoms with Gasteiger partial charge in [-0.1, -0.05) is 42.5 Å². The Labute approximate surface area is 178 Å². The molecule has 5 rings (SSSR count). The van der Waals surface area contributed by atoms with Crippen molar-refractivity contribution in [1.82, 2.24) is 24.5 Å². The highest BCUT2D eigenvalue weighted by atomic mass is 16.3. The monoisotopic (exact) mass is 415 g/mol. The second kappa shape index (κ2) is 7.09. The molecule has 0 spiro atoms. The highest BCUT2D eigenvalue weighted by Gasteiger charge is 2.38. The van der Waals surface area contributed by atoms with Crippen molar-refractivity contribution in [3.63, 3.8) is 0 Å². The van der Waals surface area contributed by atoms with Gasteiger partial charge < -0.3 is 10.0 Å². The van der Waals surface area contributed by atoms with E-state index in [9.17, 15) is 14.7 Å². The number of fused-ring (bicyclic) bond motifs is 2. The van der Waals surface area contributed by atoms with Crippen LogP contribution in [0, 0.1) is 0 Å². The molecule has 2 aromatic heterocycles. The SMILES string of the molecule is C[C@@H](c1ccccc1)N1CC(c2cccc3c2cnn3C)n2ncc(=O)c(O)c2C1=O. The van der Waals surface area contributed by atoms with Crippen molar-refractivity contribution in [2.75, 3.05) is 6.54 Å². The molecule has 2 aromatic carbocycles. The Morgan fingerprint density at radius 3 is 2.58 bits per heavy atom. The number of aromatic nitrogens is 4. The molecule has 1 aliphatic rings. The van der Waals surface area contributed by atoms with Gasteiger partial charge in [0.05, 0.1) is 30.0 Å². The lowest BCUT2D eigenvalue weighted by Crippen LogP contribution is -2.46. The topological polar surface area (TPSA) is 93.2 Å². The van der Waals surface area contributed by atoms with Gasteiger partial charge in [-0.3, -0.25) is 14.3 Å². The minimum absolute atomic E-state index is 0.0903. The zero-order valence-electron chi connectivity index (χ0n) is 17.1. The van der Waals surface area contributed by atoms with Crippen LogP contribution in [0.15, 0.2) is 65.7 Å².